The normalized spacial score (nSPS) is 18.2. The van der Waals surface area contributed by atoms with Crippen molar-refractivity contribution in [3.63, 3.8) is 0 Å². The smallest absolute Gasteiger partial charge is 0.407 e. The molecule has 0 saturated heterocycles. The van der Waals surface area contributed by atoms with Crippen LogP contribution >= 0.6 is 0 Å². The quantitative estimate of drug-likeness (QED) is 0.758. The molecule has 0 radical (unpaired) electrons. The number of amides is 1. The van der Waals surface area contributed by atoms with Gasteiger partial charge in [-0.2, -0.15) is 0 Å². The Morgan fingerprint density at radius 2 is 1.90 bits per heavy atom. The monoisotopic (exact) mass is 307 g/mol. The van der Waals surface area contributed by atoms with Crippen LogP contribution in [0.15, 0.2) is 0 Å². The average molecular weight is 307 g/mol. The summed E-state index contributed by atoms with van der Waals surface area (Å²) in [4.78, 5) is 23.1. The van der Waals surface area contributed by atoms with E-state index in [1.54, 1.807) is 20.8 Å². The number of aliphatic carboxylic acids is 1. The van der Waals surface area contributed by atoms with Gasteiger partial charge < -0.3 is 15.2 Å². The van der Waals surface area contributed by atoms with Crippen molar-refractivity contribution < 1.29 is 28.2 Å². The summed E-state index contributed by atoms with van der Waals surface area (Å²) < 4.78 is 30.5. The Bertz CT molecular complexity index is 385. The van der Waals surface area contributed by atoms with Crippen molar-refractivity contribution in [2.45, 2.75) is 58.5 Å². The average Bonchev–Trinajstić information content (AvgIpc) is 3.06. The van der Waals surface area contributed by atoms with E-state index in [1.165, 1.54) is 0 Å². The molecule has 0 aliphatic heterocycles. The highest BCUT2D eigenvalue weighted by atomic mass is 19.3. The van der Waals surface area contributed by atoms with Gasteiger partial charge in [-0.15, -0.1) is 0 Å². The number of hydrogen-bond acceptors (Lipinski definition) is 3. The Morgan fingerprint density at radius 3 is 2.29 bits per heavy atom. The van der Waals surface area contributed by atoms with E-state index in [0.29, 0.717) is 0 Å². The molecule has 1 unspecified atom stereocenters. The standard InChI is InChI=1S/C14H23F2NO4/c1-13(2,3)21-12(20)17-8-14(11(18)19,7-10(15)16)6-9-4-5-9/h9-10H,4-8H2,1-3H3,(H,17,20)(H,18,19). The van der Waals surface area contributed by atoms with Gasteiger partial charge in [-0.05, 0) is 33.1 Å². The Labute approximate surface area is 123 Å². The highest BCUT2D eigenvalue weighted by molar-refractivity contribution is 5.76. The van der Waals surface area contributed by atoms with Crippen LogP contribution in [0.1, 0.15) is 46.5 Å². The van der Waals surface area contributed by atoms with Crippen molar-refractivity contribution >= 4 is 12.1 Å². The van der Waals surface area contributed by atoms with Crippen LogP contribution in [0.4, 0.5) is 13.6 Å². The van der Waals surface area contributed by atoms with Crippen molar-refractivity contribution in [3.8, 4) is 0 Å². The number of halogens is 2. The first-order valence-corrected chi connectivity index (χ1v) is 7.02. The zero-order chi connectivity index (χ0) is 16.3. The van der Waals surface area contributed by atoms with Crippen LogP contribution in [0.5, 0.6) is 0 Å². The van der Waals surface area contributed by atoms with Crippen molar-refractivity contribution in [2.75, 3.05) is 6.54 Å². The van der Waals surface area contributed by atoms with E-state index < -0.39 is 35.9 Å². The number of nitrogens with one attached hydrogen (secondary N) is 1. The number of alkyl carbamates (subject to hydrolysis) is 1. The third kappa shape index (κ3) is 6.27. The molecule has 0 aromatic carbocycles. The lowest BCUT2D eigenvalue weighted by atomic mass is 9.79. The minimum Gasteiger partial charge on any atom is -0.481 e. The first kappa shape index (κ1) is 17.7. The maximum absolute atomic E-state index is 12.7. The molecule has 1 aliphatic carbocycles. The predicted octanol–water partition coefficient (Wildman–Crippen LogP) is 3.04. The van der Waals surface area contributed by atoms with E-state index in [2.05, 4.69) is 5.32 Å². The molecule has 122 valence electrons. The second-order valence-electron chi connectivity index (χ2n) is 6.68. The number of carboxylic acids is 1. The van der Waals surface area contributed by atoms with E-state index in [4.69, 9.17) is 4.74 Å². The summed E-state index contributed by atoms with van der Waals surface area (Å²) in [7, 11) is 0. The number of ether oxygens (including phenoxy) is 1. The van der Waals surface area contributed by atoms with Crippen molar-refractivity contribution in [1.82, 2.24) is 5.32 Å². The zero-order valence-corrected chi connectivity index (χ0v) is 12.6. The first-order valence-electron chi connectivity index (χ1n) is 7.02. The Morgan fingerprint density at radius 1 is 1.33 bits per heavy atom. The van der Waals surface area contributed by atoms with Gasteiger partial charge in [0.25, 0.3) is 0 Å². The first-order chi connectivity index (χ1) is 9.54. The van der Waals surface area contributed by atoms with Gasteiger partial charge >= 0.3 is 12.1 Å². The number of carbonyl (C=O) groups is 2. The number of carboxylic acid groups (broad SMARTS) is 1. The number of rotatable bonds is 7. The van der Waals surface area contributed by atoms with E-state index >= 15 is 0 Å². The second kappa shape index (κ2) is 6.58. The molecule has 0 heterocycles. The van der Waals surface area contributed by atoms with Gasteiger partial charge in [0.05, 0.1) is 5.41 Å². The molecular weight excluding hydrogens is 284 g/mol. The third-order valence-electron chi connectivity index (χ3n) is 3.35. The van der Waals surface area contributed by atoms with Crippen molar-refractivity contribution in [3.05, 3.63) is 0 Å². The Balaban J connectivity index is 2.71. The summed E-state index contributed by atoms with van der Waals surface area (Å²) in [6.07, 6.45) is -2.44. The van der Waals surface area contributed by atoms with E-state index in [0.717, 1.165) is 12.8 Å². The largest absolute Gasteiger partial charge is 0.481 e. The van der Waals surface area contributed by atoms with Crippen LogP contribution in [0, 0.1) is 11.3 Å². The molecule has 5 nitrogen and oxygen atoms in total. The summed E-state index contributed by atoms with van der Waals surface area (Å²) in [5.41, 5.74) is -2.36. The summed E-state index contributed by atoms with van der Waals surface area (Å²) in [6.45, 7) is 4.65. The molecule has 1 rings (SSSR count). The van der Waals surface area contributed by atoms with E-state index in [1.807, 2.05) is 0 Å². The zero-order valence-electron chi connectivity index (χ0n) is 12.6. The fraction of sp³-hybridized carbons (Fsp3) is 0.857. The maximum Gasteiger partial charge on any atom is 0.407 e. The Hall–Kier alpha value is -1.40. The van der Waals surface area contributed by atoms with Crippen LogP contribution < -0.4 is 5.32 Å². The maximum atomic E-state index is 12.7. The van der Waals surface area contributed by atoms with Crippen LogP contribution in [0.2, 0.25) is 0 Å². The van der Waals surface area contributed by atoms with Crippen molar-refractivity contribution in [2.24, 2.45) is 11.3 Å². The lowest BCUT2D eigenvalue weighted by molar-refractivity contribution is -0.152. The predicted molar refractivity (Wildman–Crippen MR) is 72.3 cm³/mol. The van der Waals surface area contributed by atoms with Gasteiger partial charge in [-0.1, -0.05) is 12.8 Å². The highest BCUT2D eigenvalue weighted by Gasteiger charge is 2.45. The molecule has 0 bridgehead atoms. The van der Waals surface area contributed by atoms with Crippen LogP contribution in [0.3, 0.4) is 0 Å². The summed E-state index contributed by atoms with van der Waals surface area (Å²) in [6, 6.07) is 0. The molecule has 21 heavy (non-hydrogen) atoms. The van der Waals surface area contributed by atoms with Gasteiger partial charge in [0.2, 0.25) is 6.43 Å². The fourth-order valence-electron chi connectivity index (χ4n) is 2.20. The summed E-state index contributed by atoms with van der Waals surface area (Å²) >= 11 is 0. The van der Waals surface area contributed by atoms with Crippen LogP contribution in [-0.4, -0.2) is 35.7 Å². The van der Waals surface area contributed by atoms with E-state index in [9.17, 15) is 23.5 Å². The molecule has 1 atom stereocenters. The highest BCUT2D eigenvalue weighted by Crippen LogP contribution is 2.43. The number of carbonyl (C=O) groups excluding carboxylic acids is 1. The van der Waals surface area contributed by atoms with Crippen LogP contribution in [-0.2, 0) is 9.53 Å². The molecule has 1 aliphatic rings. The van der Waals surface area contributed by atoms with Crippen LogP contribution in [0.25, 0.3) is 0 Å². The van der Waals surface area contributed by atoms with Gasteiger partial charge in [0.1, 0.15) is 5.60 Å². The van der Waals surface area contributed by atoms with E-state index in [-0.39, 0.29) is 18.9 Å². The molecule has 1 fully saturated rings. The van der Waals surface area contributed by atoms with Gasteiger partial charge in [0, 0.05) is 13.0 Å². The SMILES string of the molecule is CC(C)(C)OC(=O)NCC(CC(F)F)(CC1CC1)C(=O)O. The molecular formula is C14H23F2NO4. The topological polar surface area (TPSA) is 75.6 Å². The third-order valence-corrected chi connectivity index (χ3v) is 3.35. The Kier molecular flexibility index (Phi) is 5.53. The van der Waals surface area contributed by atoms with Gasteiger partial charge in [-0.25, -0.2) is 13.6 Å². The number of alkyl halides is 2. The number of hydrogen-bond donors (Lipinski definition) is 2. The molecule has 1 saturated carbocycles. The molecule has 0 aromatic heterocycles. The lowest BCUT2D eigenvalue weighted by Crippen LogP contribution is -2.46. The second-order valence-corrected chi connectivity index (χ2v) is 6.68. The minimum absolute atomic E-state index is 0.153. The van der Waals surface area contributed by atoms with Gasteiger partial charge in [0.15, 0.2) is 0 Å². The summed E-state index contributed by atoms with van der Waals surface area (Å²) in [5.74, 6) is -1.15. The molecule has 0 spiro atoms. The van der Waals surface area contributed by atoms with Gasteiger partial charge in [-0.3, -0.25) is 4.79 Å². The summed E-state index contributed by atoms with van der Waals surface area (Å²) in [5, 5.41) is 11.7. The molecule has 2 N–H and O–H groups in total. The minimum atomic E-state index is -2.74. The fourth-order valence-corrected chi connectivity index (χ4v) is 2.20. The van der Waals surface area contributed by atoms with Crippen molar-refractivity contribution in [1.29, 1.82) is 0 Å². The molecule has 1 amide bonds. The molecule has 0 aromatic rings. The lowest BCUT2D eigenvalue weighted by Gasteiger charge is -2.30. The molecule has 7 heteroatoms.